The molecule has 2 aliphatic heterocycles. The van der Waals surface area contributed by atoms with Crippen LogP contribution in [0.15, 0.2) is 0 Å². The highest BCUT2D eigenvalue weighted by atomic mass is 16.5. The van der Waals surface area contributed by atoms with E-state index in [1.165, 1.54) is 32.4 Å². The van der Waals surface area contributed by atoms with E-state index in [2.05, 4.69) is 31.0 Å². The Morgan fingerprint density at radius 3 is 2.53 bits per heavy atom. The van der Waals surface area contributed by atoms with E-state index in [-0.39, 0.29) is 5.60 Å². The first-order valence-electron chi connectivity index (χ1n) is 7.06. The first-order valence-corrected chi connectivity index (χ1v) is 7.06. The minimum absolute atomic E-state index is 0.116. The van der Waals surface area contributed by atoms with Crippen LogP contribution in [0.5, 0.6) is 0 Å². The average Bonchev–Trinajstić information content (AvgIpc) is 2.38. The number of hydrogen-bond acceptors (Lipinski definition) is 3. The van der Waals surface area contributed by atoms with Gasteiger partial charge in [0.25, 0.3) is 0 Å². The topological polar surface area (TPSA) is 24.5 Å². The minimum atomic E-state index is 0.116. The van der Waals surface area contributed by atoms with Gasteiger partial charge in [-0.2, -0.15) is 0 Å². The molecule has 1 N–H and O–H groups in total. The lowest BCUT2D eigenvalue weighted by Crippen LogP contribution is -2.59. The Labute approximate surface area is 106 Å². The van der Waals surface area contributed by atoms with Gasteiger partial charge in [-0.25, -0.2) is 0 Å². The van der Waals surface area contributed by atoms with Crippen LogP contribution in [0.25, 0.3) is 0 Å². The summed E-state index contributed by atoms with van der Waals surface area (Å²) < 4.78 is 5.96. The summed E-state index contributed by atoms with van der Waals surface area (Å²) in [4.78, 5) is 2.57. The average molecular weight is 240 g/mol. The second-order valence-electron chi connectivity index (χ2n) is 6.76. The fraction of sp³-hybridized carbons (Fsp3) is 1.00. The van der Waals surface area contributed by atoms with E-state index in [0.29, 0.717) is 5.41 Å². The van der Waals surface area contributed by atoms with E-state index in [1.54, 1.807) is 0 Å². The first kappa shape index (κ1) is 13.3. The molecule has 2 fully saturated rings. The van der Waals surface area contributed by atoms with Crippen LogP contribution >= 0.6 is 0 Å². The molecule has 0 aromatic heterocycles. The van der Waals surface area contributed by atoms with Crippen molar-refractivity contribution in [3.05, 3.63) is 0 Å². The predicted molar refractivity (Wildman–Crippen MR) is 71.3 cm³/mol. The Bertz CT molecular complexity index is 249. The van der Waals surface area contributed by atoms with Gasteiger partial charge in [0.1, 0.15) is 0 Å². The molecule has 0 bridgehead atoms. The summed E-state index contributed by atoms with van der Waals surface area (Å²) in [7, 11) is 0. The van der Waals surface area contributed by atoms with Gasteiger partial charge in [-0.1, -0.05) is 13.8 Å². The van der Waals surface area contributed by atoms with Gasteiger partial charge in [-0.15, -0.1) is 0 Å². The van der Waals surface area contributed by atoms with Gasteiger partial charge in [0.2, 0.25) is 0 Å². The van der Waals surface area contributed by atoms with E-state index in [0.717, 1.165) is 26.2 Å². The molecule has 17 heavy (non-hydrogen) atoms. The monoisotopic (exact) mass is 240 g/mol. The minimum Gasteiger partial charge on any atom is -0.371 e. The van der Waals surface area contributed by atoms with Crippen molar-refractivity contribution >= 4 is 0 Å². The van der Waals surface area contributed by atoms with Gasteiger partial charge in [-0.05, 0) is 44.7 Å². The zero-order valence-corrected chi connectivity index (χ0v) is 11.7. The molecular formula is C14H28N2O. The maximum absolute atomic E-state index is 5.96. The second kappa shape index (κ2) is 5.25. The van der Waals surface area contributed by atoms with E-state index in [4.69, 9.17) is 4.74 Å². The van der Waals surface area contributed by atoms with Gasteiger partial charge in [0.05, 0.1) is 12.2 Å². The van der Waals surface area contributed by atoms with Crippen LogP contribution in [-0.4, -0.2) is 49.8 Å². The van der Waals surface area contributed by atoms with Crippen LogP contribution in [0.1, 0.15) is 40.0 Å². The third-order valence-corrected chi connectivity index (χ3v) is 4.29. The molecule has 0 saturated carbocycles. The summed E-state index contributed by atoms with van der Waals surface area (Å²) in [6, 6.07) is 0. The summed E-state index contributed by atoms with van der Waals surface area (Å²) in [6.07, 6.45) is 4.03. The van der Waals surface area contributed by atoms with E-state index >= 15 is 0 Å². The third-order valence-electron chi connectivity index (χ3n) is 4.29. The van der Waals surface area contributed by atoms with Crippen molar-refractivity contribution in [3.63, 3.8) is 0 Å². The second-order valence-corrected chi connectivity index (χ2v) is 6.76. The number of nitrogens with zero attached hydrogens (tertiary/aromatic N) is 1. The Balaban J connectivity index is 1.65. The van der Waals surface area contributed by atoms with E-state index in [9.17, 15) is 0 Å². The van der Waals surface area contributed by atoms with Crippen molar-refractivity contribution in [1.82, 2.24) is 10.2 Å². The molecule has 3 heteroatoms. The molecule has 0 amide bonds. The maximum atomic E-state index is 5.96. The van der Waals surface area contributed by atoms with Crippen molar-refractivity contribution in [2.75, 3.05) is 39.3 Å². The van der Waals surface area contributed by atoms with Gasteiger partial charge in [0.15, 0.2) is 0 Å². The molecular weight excluding hydrogens is 212 g/mol. The molecule has 0 aliphatic carbocycles. The van der Waals surface area contributed by atoms with E-state index in [1.807, 2.05) is 0 Å². The third kappa shape index (κ3) is 3.94. The fourth-order valence-electron chi connectivity index (χ4n) is 2.70. The summed E-state index contributed by atoms with van der Waals surface area (Å²) in [5.74, 6) is 0. The molecule has 0 atom stereocenters. The lowest BCUT2D eigenvalue weighted by molar-refractivity contribution is -0.0720. The molecule has 0 unspecified atom stereocenters. The normalized spacial score (nSPS) is 28.4. The number of ether oxygens (including phenoxy) is 1. The van der Waals surface area contributed by atoms with Gasteiger partial charge >= 0.3 is 0 Å². The quantitative estimate of drug-likeness (QED) is 0.812. The fourth-order valence-corrected chi connectivity index (χ4v) is 2.70. The molecule has 0 aromatic carbocycles. The number of hydrogen-bond donors (Lipinski definition) is 1. The number of likely N-dealkylation sites (tertiary alicyclic amines) is 1. The van der Waals surface area contributed by atoms with Crippen LogP contribution in [0.3, 0.4) is 0 Å². The molecule has 100 valence electrons. The van der Waals surface area contributed by atoms with Gasteiger partial charge in [0, 0.05) is 19.6 Å². The molecule has 0 radical (unpaired) electrons. The molecule has 3 nitrogen and oxygen atoms in total. The highest BCUT2D eigenvalue weighted by Gasteiger charge is 2.32. The molecule has 0 aromatic rings. The summed E-state index contributed by atoms with van der Waals surface area (Å²) in [6.45, 7) is 13.5. The standard InChI is InChI=1S/C14H28N2O/c1-13(2)5-4-7-16(8-6-13)9-10-17-14(3)11-15-12-14/h15H,4-12H2,1-3H3. The SMILES string of the molecule is CC1(C)CCCN(CCOC2(C)CNC2)CC1. The molecule has 2 saturated heterocycles. The zero-order chi connectivity index (χ0) is 12.4. The molecule has 2 heterocycles. The largest absolute Gasteiger partial charge is 0.371 e. The van der Waals surface area contributed by atoms with Gasteiger partial charge < -0.3 is 15.0 Å². The molecule has 0 spiro atoms. The van der Waals surface area contributed by atoms with E-state index < -0.39 is 0 Å². The van der Waals surface area contributed by atoms with Gasteiger partial charge in [-0.3, -0.25) is 0 Å². The summed E-state index contributed by atoms with van der Waals surface area (Å²) in [5.41, 5.74) is 0.657. The molecule has 2 aliphatic rings. The van der Waals surface area contributed by atoms with Crippen LogP contribution < -0.4 is 5.32 Å². The van der Waals surface area contributed by atoms with Crippen molar-refractivity contribution in [3.8, 4) is 0 Å². The van der Waals surface area contributed by atoms with Crippen molar-refractivity contribution in [1.29, 1.82) is 0 Å². The van der Waals surface area contributed by atoms with Crippen molar-refractivity contribution in [2.45, 2.75) is 45.6 Å². The van der Waals surface area contributed by atoms with Crippen molar-refractivity contribution < 1.29 is 4.74 Å². The lowest BCUT2D eigenvalue weighted by atomic mass is 9.85. The summed E-state index contributed by atoms with van der Waals surface area (Å²) in [5, 5.41) is 3.27. The highest BCUT2D eigenvalue weighted by Crippen LogP contribution is 2.29. The van der Waals surface area contributed by atoms with Crippen molar-refractivity contribution in [2.24, 2.45) is 5.41 Å². The lowest BCUT2D eigenvalue weighted by Gasteiger charge is -2.39. The number of rotatable bonds is 4. The predicted octanol–water partition coefficient (Wildman–Crippen LogP) is 1.88. The number of nitrogens with one attached hydrogen (secondary N) is 1. The Morgan fingerprint density at radius 2 is 1.88 bits per heavy atom. The summed E-state index contributed by atoms with van der Waals surface area (Å²) >= 11 is 0. The maximum Gasteiger partial charge on any atom is 0.0902 e. The smallest absolute Gasteiger partial charge is 0.0902 e. The Morgan fingerprint density at radius 1 is 1.12 bits per heavy atom. The Kier molecular flexibility index (Phi) is 4.11. The van der Waals surface area contributed by atoms with Crippen LogP contribution in [0, 0.1) is 5.41 Å². The molecule has 2 rings (SSSR count). The first-order chi connectivity index (χ1) is 7.99. The highest BCUT2D eigenvalue weighted by molar-refractivity contribution is 4.90. The van der Waals surface area contributed by atoms with Crippen LogP contribution in [0.4, 0.5) is 0 Å². The Hall–Kier alpha value is -0.120. The van der Waals surface area contributed by atoms with Crippen LogP contribution in [0.2, 0.25) is 0 Å². The van der Waals surface area contributed by atoms with Crippen LogP contribution in [-0.2, 0) is 4.74 Å². The zero-order valence-electron chi connectivity index (χ0n) is 11.7.